The first-order valence-electron chi connectivity index (χ1n) is 7.10. The maximum Gasteiger partial charge on any atom is 0.260 e. The highest BCUT2D eigenvalue weighted by Gasteiger charge is 2.21. The summed E-state index contributed by atoms with van der Waals surface area (Å²) < 4.78 is 5.74. The Morgan fingerprint density at radius 1 is 1.21 bits per heavy atom. The monoisotopic (exact) mass is 261 g/mol. The molecule has 1 fully saturated rings. The fourth-order valence-corrected chi connectivity index (χ4v) is 2.65. The fraction of sp³-hybridized carbons (Fsp3) is 0.562. The van der Waals surface area contributed by atoms with E-state index < -0.39 is 6.10 Å². The Balaban J connectivity index is 1.91. The average Bonchev–Trinajstić information content (AvgIpc) is 2.80. The van der Waals surface area contributed by atoms with Gasteiger partial charge in [0.1, 0.15) is 5.75 Å². The number of carbonyl (C=O) groups excluding carboxylic acids is 1. The van der Waals surface area contributed by atoms with Crippen LogP contribution in [0.4, 0.5) is 0 Å². The topological polar surface area (TPSA) is 38.3 Å². The summed E-state index contributed by atoms with van der Waals surface area (Å²) in [5.74, 6) is 0.762. The summed E-state index contributed by atoms with van der Waals surface area (Å²) in [5.41, 5.74) is 2.30. The van der Waals surface area contributed by atoms with Crippen molar-refractivity contribution in [3.8, 4) is 5.75 Å². The normalized spacial score (nSPS) is 17.2. The van der Waals surface area contributed by atoms with E-state index in [2.05, 4.69) is 11.4 Å². The number of benzene rings is 1. The third kappa shape index (κ3) is 3.98. The number of aryl methyl sites for hydroxylation is 2. The first-order chi connectivity index (χ1) is 9.04. The van der Waals surface area contributed by atoms with E-state index in [1.165, 1.54) is 12.8 Å². The lowest BCUT2D eigenvalue weighted by Gasteiger charge is -2.18. The predicted molar refractivity (Wildman–Crippen MR) is 76.4 cm³/mol. The molecule has 1 aliphatic rings. The second kappa shape index (κ2) is 6.09. The highest BCUT2D eigenvalue weighted by atomic mass is 16.5. The van der Waals surface area contributed by atoms with Crippen LogP contribution in [0.25, 0.3) is 0 Å². The lowest BCUT2D eigenvalue weighted by Crippen LogP contribution is -2.41. The molecule has 0 radical (unpaired) electrons. The molecule has 1 atom stereocenters. The average molecular weight is 261 g/mol. The van der Waals surface area contributed by atoms with Crippen molar-refractivity contribution in [1.29, 1.82) is 0 Å². The zero-order chi connectivity index (χ0) is 13.8. The van der Waals surface area contributed by atoms with E-state index in [4.69, 9.17) is 4.74 Å². The molecule has 1 saturated carbocycles. The van der Waals surface area contributed by atoms with Gasteiger partial charge in [-0.15, -0.1) is 0 Å². The van der Waals surface area contributed by atoms with Crippen molar-refractivity contribution in [3.05, 3.63) is 29.3 Å². The molecule has 0 bridgehead atoms. The Hall–Kier alpha value is -1.51. The molecule has 104 valence electrons. The van der Waals surface area contributed by atoms with Gasteiger partial charge in [0.25, 0.3) is 5.91 Å². The molecular formula is C16H23NO2. The van der Waals surface area contributed by atoms with Crippen molar-refractivity contribution >= 4 is 5.91 Å². The second-order valence-electron chi connectivity index (χ2n) is 5.57. The van der Waals surface area contributed by atoms with Crippen LogP contribution in [0.5, 0.6) is 5.75 Å². The van der Waals surface area contributed by atoms with Gasteiger partial charge in [-0.2, -0.15) is 0 Å². The van der Waals surface area contributed by atoms with Crippen molar-refractivity contribution < 1.29 is 9.53 Å². The molecule has 1 unspecified atom stereocenters. The molecule has 1 aromatic rings. The fourth-order valence-electron chi connectivity index (χ4n) is 2.65. The minimum absolute atomic E-state index is 0.00828. The van der Waals surface area contributed by atoms with E-state index in [0.29, 0.717) is 6.04 Å². The summed E-state index contributed by atoms with van der Waals surface area (Å²) in [6.07, 6.45) is 4.19. The van der Waals surface area contributed by atoms with Crippen LogP contribution < -0.4 is 10.1 Å². The highest BCUT2D eigenvalue weighted by molar-refractivity contribution is 5.81. The number of carbonyl (C=O) groups is 1. The van der Waals surface area contributed by atoms with E-state index in [-0.39, 0.29) is 5.91 Å². The molecule has 0 aromatic heterocycles. The molecule has 1 N–H and O–H groups in total. The van der Waals surface area contributed by atoms with Crippen LogP contribution in [-0.2, 0) is 4.79 Å². The second-order valence-corrected chi connectivity index (χ2v) is 5.57. The van der Waals surface area contributed by atoms with Gasteiger partial charge in [0.15, 0.2) is 6.10 Å². The van der Waals surface area contributed by atoms with Crippen LogP contribution in [0.2, 0.25) is 0 Å². The quantitative estimate of drug-likeness (QED) is 0.904. The maximum absolute atomic E-state index is 12.0. The summed E-state index contributed by atoms with van der Waals surface area (Å²) in [6, 6.07) is 6.37. The molecule has 1 aliphatic carbocycles. The molecule has 1 aromatic carbocycles. The highest BCUT2D eigenvalue weighted by Crippen LogP contribution is 2.19. The predicted octanol–water partition coefficient (Wildman–Crippen LogP) is 3.13. The minimum atomic E-state index is -0.443. The van der Waals surface area contributed by atoms with Gasteiger partial charge in [-0.05, 0) is 56.9 Å². The van der Waals surface area contributed by atoms with Crippen molar-refractivity contribution in [2.75, 3.05) is 0 Å². The van der Waals surface area contributed by atoms with Crippen molar-refractivity contribution in [2.45, 2.75) is 58.6 Å². The number of hydrogen-bond donors (Lipinski definition) is 1. The Bertz CT molecular complexity index is 430. The summed E-state index contributed by atoms with van der Waals surface area (Å²) in [4.78, 5) is 12.0. The molecule has 1 amide bonds. The van der Waals surface area contributed by atoms with Crippen LogP contribution in [-0.4, -0.2) is 18.1 Å². The first kappa shape index (κ1) is 13.9. The first-order valence-corrected chi connectivity index (χ1v) is 7.10. The van der Waals surface area contributed by atoms with Crippen LogP contribution >= 0.6 is 0 Å². The molecule has 3 heteroatoms. The maximum atomic E-state index is 12.0. The molecule has 0 saturated heterocycles. The van der Waals surface area contributed by atoms with Crippen LogP contribution in [0.3, 0.4) is 0 Å². The standard InChI is InChI=1S/C16H23NO2/c1-11-8-12(2)10-15(9-11)19-13(3)16(18)17-14-6-4-5-7-14/h8-10,13-14H,4-7H2,1-3H3,(H,17,18). The van der Waals surface area contributed by atoms with E-state index >= 15 is 0 Å². The molecular weight excluding hydrogens is 238 g/mol. The summed E-state index contributed by atoms with van der Waals surface area (Å²) in [5, 5.41) is 3.06. The van der Waals surface area contributed by atoms with Gasteiger partial charge >= 0.3 is 0 Å². The lowest BCUT2D eigenvalue weighted by molar-refractivity contribution is -0.127. The van der Waals surface area contributed by atoms with Crippen LogP contribution in [0.1, 0.15) is 43.7 Å². The Morgan fingerprint density at radius 2 is 1.79 bits per heavy atom. The number of nitrogens with one attached hydrogen (secondary N) is 1. The van der Waals surface area contributed by atoms with Gasteiger partial charge in [0.05, 0.1) is 0 Å². The molecule has 0 spiro atoms. The lowest BCUT2D eigenvalue weighted by atomic mass is 10.1. The van der Waals surface area contributed by atoms with Gasteiger partial charge in [0.2, 0.25) is 0 Å². The molecule has 0 aliphatic heterocycles. The van der Waals surface area contributed by atoms with Gasteiger partial charge in [-0.1, -0.05) is 18.9 Å². The Morgan fingerprint density at radius 3 is 2.37 bits per heavy atom. The van der Waals surface area contributed by atoms with E-state index in [9.17, 15) is 4.79 Å². The Kier molecular flexibility index (Phi) is 4.46. The summed E-state index contributed by atoms with van der Waals surface area (Å²) >= 11 is 0. The van der Waals surface area contributed by atoms with Gasteiger partial charge in [0, 0.05) is 6.04 Å². The Labute approximate surface area is 115 Å². The van der Waals surface area contributed by atoms with Crippen molar-refractivity contribution in [2.24, 2.45) is 0 Å². The zero-order valence-corrected chi connectivity index (χ0v) is 12.0. The van der Waals surface area contributed by atoms with Gasteiger partial charge < -0.3 is 10.1 Å². The summed E-state index contributed by atoms with van der Waals surface area (Å²) in [6.45, 7) is 5.87. The third-order valence-electron chi connectivity index (χ3n) is 3.58. The van der Waals surface area contributed by atoms with Gasteiger partial charge in [-0.3, -0.25) is 4.79 Å². The largest absolute Gasteiger partial charge is 0.481 e. The van der Waals surface area contributed by atoms with E-state index in [1.807, 2.05) is 32.9 Å². The molecule has 0 heterocycles. The van der Waals surface area contributed by atoms with Gasteiger partial charge in [-0.25, -0.2) is 0 Å². The SMILES string of the molecule is Cc1cc(C)cc(OC(C)C(=O)NC2CCCC2)c1. The zero-order valence-electron chi connectivity index (χ0n) is 12.0. The molecule has 3 nitrogen and oxygen atoms in total. The smallest absolute Gasteiger partial charge is 0.260 e. The van der Waals surface area contributed by atoms with Crippen molar-refractivity contribution in [3.63, 3.8) is 0 Å². The third-order valence-corrected chi connectivity index (χ3v) is 3.58. The van der Waals surface area contributed by atoms with Crippen LogP contribution in [0.15, 0.2) is 18.2 Å². The number of amides is 1. The van der Waals surface area contributed by atoms with E-state index in [0.717, 1.165) is 29.7 Å². The number of ether oxygens (including phenoxy) is 1. The summed E-state index contributed by atoms with van der Waals surface area (Å²) in [7, 11) is 0. The number of hydrogen-bond acceptors (Lipinski definition) is 2. The minimum Gasteiger partial charge on any atom is -0.481 e. The number of rotatable bonds is 4. The van der Waals surface area contributed by atoms with E-state index in [1.54, 1.807) is 0 Å². The molecule has 2 rings (SSSR count). The van der Waals surface area contributed by atoms with Crippen LogP contribution in [0, 0.1) is 13.8 Å². The molecule has 19 heavy (non-hydrogen) atoms. The van der Waals surface area contributed by atoms with Crippen molar-refractivity contribution in [1.82, 2.24) is 5.32 Å².